The normalized spacial score (nSPS) is 19.6. The molecule has 3 aromatic rings. The second-order valence-electron chi connectivity index (χ2n) is 6.62. The Morgan fingerprint density at radius 2 is 1.69 bits per heavy atom. The van der Waals surface area contributed by atoms with Crippen molar-refractivity contribution in [1.82, 2.24) is 10.9 Å². The monoisotopic (exact) mass is 345 g/mol. The zero-order valence-corrected chi connectivity index (χ0v) is 14.9. The van der Waals surface area contributed by atoms with Gasteiger partial charge in [0.25, 0.3) is 0 Å². The van der Waals surface area contributed by atoms with E-state index in [4.69, 9.17) is 0 Å². The summed E-state index contributed by atoms with van der Waals surface area (Å²) in [7, 11) is 0. The number of likely N-dealkylation sites (N-methyl/N-ethyl adjacent to an activating group) is 1. The third-order valence-corrected chi connectivity index (χ3v) is 5.05. The van der Waals surface area contributed by atoms with Gasteiger partial charge in [-0.1, -0.05) is 60.7 Å². The summed E-state index contributed by atoms with van der Waals surface area (Å²) in [6, 6.07) is 24.5. The van der Waals surface area contributed by atoms with Crippen LogP contribution in [0.25, 0.3) is 10.8 Å². The van der Waals surface area contributed by atoms with Gasteiger partial charge in [-0.3, -0.25) is 4.79 Å². The summed E-state index contributed by atoms with van der Waals surface area (Å²) in [5.74, 6) is 0.105. The number of nitrogens with zero attached hydrogens (tertiary/aromatic N) is 1. The average molecular weight is 345 g/mol. The van der Waals surface area contributed by atoms with Gasteiger partial charge in [0.1, 0.15) is 6.04 Å². The summed E-state index contributed by atoms with van der Waals surface area (Å²) in [4.78, 5) is 14.9. The van der Waals surface area contributed by atoms with E-state index in [0.717, 1.165) is 12.1 Å². The van der Waals surface area contributed by atoms with E-state index in [9.17, 15) is 4.79 Å². The zero-order valence-electron chi connectivity index (χ0n) is 14.9. The topological polar surface area (TPSA) is 44.4 Å². The summed E-state index contributed by atoms with van der Waals surface area (Å²) >= 11 is 0. The molecule has 0 aliphatic carbocycles. The van der Waals surface area contributed by atoms with Gasteiger partial charge in [-0.15, -0.1) is 0 Å². The molecule has 132 valence electrons. The van der Waals surface area contributed by atoms with Crippen LogP contribution in [0, 0.1) is 0 Å². The summed E-state index contributed by atoms with van der Waals surface area (Å²) in [5.41, 5.74) is 8.71. The number of para-hydroxylation sites is 1. The van der Waals surface area contributed by atoms with Gasteiger partial charge >= 0.3 is 0 Å². The number of nitrogens with one attached hydrogen (secondary N) is 2. The highest BCUT2D eigenvalue weighted by Gasteiger charge is 2.33. The number of hydrogen-bond acceptors (Lipinski definition) is 3. The second kappa shape index (κ2) is 7.28. The Balaban J connectivity index is 1.55. The quantitative estimate of drug-likeness (QED) is 0.756. The minimum Gasteiger partial charge on any atom is -0.311 e. The maximum absolute atomic E-state index is 13.0. The molecule has 4 nitrogen and oxygen atoms in total. The van der Waals surface area contributed by atoms with Gasteiger partial charge in [-0.2, -0.15) is 0 Å². The van der Waals surface area contributed by atoms with E-state index in [1.54, 1.807) is 0 Å². The fourth-order valence-electron chi connectivity index (χ4n) is 3.74. The van der Waals surface area contributed by atoms with Crippen molar-refractivity contribution < 1.29 is 4.79 Å². The molecule has 1 aliphatic rings. The van der Waals surface area contributed by atoms with Crippen molar-refractivity contribution >= 4 is 22.4 Å². The highest BCUT2D eigenvalue weighted by molar-refractivity contribution is 5.97. The summed E-state index contributed by atoms with van der Waals surface area (Å²) in [6.45, 7) is 2.66. The van der Waals surface area contributed by atoms with Gasteiger partial charge in [0, 0.05) is 18.3 Å². The first-order valence-electron chi connectivity index (χ1n) is 9.13. The third-order valence-electron chi connectivity index (χ3n) is 5.05. The number of carbonyl (C=O) groups is 1. The number of rotatable bonds is 4. The lowest BCUT2D eigenvalue weighted by molar-refractivity contribution is -0.120. The molecule has 3 aromatic carbocycles. The van der Waals surface area contributed by atoms with Gasteiger partial charge < -0.3 is 4.90 Å². The lowest BCUT2D eigenvalue weighted by atomic mass is 9.96. The molecule has 26 heavy (non-hydrogen) atoms. The maximum atomic E-state index is 13.0. The maximum Gasteiger partial charge on any atom is 0.245 e. The van der Waals surface area contributed by atoms with Crippen molar-refractivity contribution in [3.8, 4) is 0 Å². The number of benzene rings is 3. The SMILES string of the molecule is CCN(C(=O)C1CC(c2cccc3ccccc23)NN1)c1ccccc1. The molecular formula is C22H23N3O. The molecule has 0 bridgehead atoms. The van der Waals surface area contributed by atoms with Crippen LogP contribution in [0.4, 0.5) is 5.69 Å². The highest BCUT2D eigenvalue weighted by atomic mass is 16.2. The molecule has 1 heterocycles. The molecule has 1 amide bonds. The van der Waals surface area contributed by atoms with E-state index in [-0.39, 0.29) is 18.0 Å². The molecule has 0 spiro atoms. The summed E-state index contributed by atoms with van der Waals surface area (Å²) in [6.07, 6.45) is 0.732. The van der Waals surface area contributed by atoms with Crippen LogP contribution in [0.5, 0.6) is 0 Å². The standard InChI is InChI=1S/C22H23N3O/c1-2-25(17-11-4-3-5-12-17)22(26)21-15-20(23-24-21)19-14-8-10-16-9-6-7-13-18(16)19/h3-14,20-21,23-24H,2,15H2,1H3. The van der Waals surface area contributed by atoms with Crippen LogP contribution in [0.15, 0.2) is 72.8 Å². The number of anilines is 1. The highest BCUT2D eigenvalue weighted by Crippen LogP contribution is 2.30. The molecule has 1 aliphatic heterocycles. The van der Waals surface area contributed by atoms with Crippen molar-refractivity contribution in [2.75, 3.05) is 11.4 Å². The van der Waals surface area contributed by atoms with Gasteiger partial charge in [0.05, 0.1) is 0 Å². The van der Waals surface area contributed by atoms with Crippen molar-refractivity contribution in [3.63, 3.8) is 0 Å². The smallest absolute Gasteiger partial charge is 0.245 e. The molecule has 0 radical (unpaired) electrons. The number of carbonyl (C=O) groups excluding carboxylic acids is 1. The van der Waals surface area contributed by atoms with Crippen LogP contribution in [0.1, 0.15) is 24.9 Å². The Bertz CT molecular complexity index is 904. The predicted molar refractivity (Wildman–Crippen MR) is 106 cm³/mol. The fraction of sp³-hybridized carbons (Fsp3) is 0.227. The van der Waals surface area contributed by atoms with E-state index in [2.05, 4.69) is 53.3 Å². The van der Waals surface area contributed by atoms with Gasteiger partial charge in [-0.05, 0) is 41.8 Å². The van der Waals surface area contributed by atoms with Crippen molar-refractivity contribution in [2.45, 2.75) is 25.4 Å². The van der Waals surface area contributed by atoms with E-state index >= 15 is 0 Å². The molecule has 2 atom stereocenters. The van der Waals surface area contributed by atoms with Crippen LogP contribution in [-0.4, -0.2) is 18.5 Å². The first kappa shape index (κ1) is 16.8. The molecule has 1 saturated heterocycles. The van der Waals surface area contributed by atoms with Crippen LogP contribution in [-0.2, 0) is 4.79 Å². The average Bonchev–Trinajstić information content (AvgIpc) is 3.19. The minimum atomic E-state index is -0.237. The number of amides is 1. The third kappa shape index (κ3) is 3.09. The number of fused-ring (bicyclic) bond motifs is 1. The molecule has 0 aromatic heterocycles. The zero-order chi connectivity index (χ0) is 17.9. The van der Waals surface area contributed by atoms with Gasteiger partial charge in [0.2, 0.25) is 5.91 Å². The molecule has 4 heteroatoms. The van der Waals surface area contributed by atoms with E-state index in [1.807, 2.05) is 42.2 Å². The van der Waals surface area contributed by atoms with Crippen molar-refractivity contribution in [3.05, 3.63) is 78.4 Å². The fourth-order valence-corrected chi connectivity index (χ4v) is 3.74. The molecule has 2 unspecified atom stereocenters. The Kier molecular flexibility index (Phi) is 4.69. The lowest BCUT2D eigenvalue weighted by Crippen LogP contribution is -2.45. The first-order valence-corrected chi connectivity index (χ1v) is 9.13. The molecule has 0 saturated carbocycles. The van der Waals surface area contributed by atoms with Crippen LogP contribution < -0.4 is 15.8 Å². The van der Waals surface area contributed by atoms with E-state index < -0.39 is 0 Å². The van der Waals surface area contributed by atoms with Crippen LogP contribution >= 0.6 is 0 Å². The Hall–Kier alpha value is -2.69. The molecule has 2 N–H and O–H groups in total. The Morgan fingerprint density at radius 3 is 2.50 bits per heavy atom. The largest absolute Gasteiger partial charge is 0.311 e. The van der Waals surface area contributed by atoms with Gasteiger partial charge in [-0.25, -0.2) is 10.9 Å². The van der Waals surface area contributed by atoms with Crippen LogP contribution in [0.3, 0.4) is 0 Å². The number of hydrogen-bond donors (Lipinski definition) is 2. The molecule has 4 rings (SSSR count). The van der Waals surface area contributed by atoms with Gasteiger partial charge in [0.15, 0.2) is 0 Å². The Labute approximate surface area is 153 Å². The van der Waals surface area contributed by atoms with Crippen molar-refractivity contribution in [2.24, 2.45) is 0 Å². The molecular weight excluding hydrogens is 322 g/mol. The minimum absolute atomic E-state index is 0.105. The second-order valence-corrected chi connectivity index (χ2v) is 6.62. The van der Waals surface area contributed by atoms with Crippen LogP contribution in [0.2, 0.25) is 0 Å². The summed E-state index contributed by atoms with van der Waals surface area (Å²) < 4.78 is 0. The van der Waals surface area contributed by atoms with E-state index in [1.165, 1.54) is 16.3 Å². The lowest BCUT2D eigenvalue weighted by Gasteiger charge is -2.24. The molecule has 1 fully saturated rings. The van der Waals surface area contributed by atoms with E-state index in [0.29, 0.717) is 6.54 Å². The summed E-state index contributed by atoms with van der Waals surface area (Å²) in [5, 5.41) is 2.46. The van der Waals surface area contributed by atoms with Crippen molar-refractivity contribution in [1.29, 1.82) is 0 Å². The predicted octanol–water partition coefficient (Wildman–Crippen LogP) is 3.80. The number of hydrazine groups is 1. The Morgan fingerprint density at radius 1 is 0.962 bits per heavy atom. The first-order chi connectivity index (χ1) is 12.8.